The average Bonchev–Trinajstić information content (AvgIpc) is 2.95. The van der Waals surface area contributed by atoms with Gasteiger partial charge in [-0.1, -0.05) is 129 Å². The van der Waals surface area contributed by atoms with E-state index in [0.717, 1.165) is 11.5 Å². The molecule has 0 heterocycles. The summed E-state index contributed by atoms with van der Waals surface area (Å²) in [6.45, 7) is 7.34. The van der Waals surface area contributed by atoms with Crippen molar-refractivity contribution >= 4 is 32.1 Å². The number of aliphatic hydroxyl groups is 2. The summed E-state index contributed by atoms with van der Waals surface area (Å²) in [6.07, 6.45) is 25.9. The molecule has 2 unspecified atom stereocenters. The zero-order valence-electron chi connectivity index (χ0n) is 26.6. The van der Waals surface area contributed by atoms with Crippen molar-refractivity contribution in [1.82, 2.24) is 0 Å². The van der Waals surface area contributed by atoms with Gasteiger partial charge in [-0.3, -0.25) is 0 Å². The monoisotopic (exact) mass is 626 g/mol. The summed E-state index contributed by atoms with van der Waals surface area (Å²) in [7, 11) is -1.54. The second-order valence-electron chi connectivity index (χ2n) is 11.1. The highest BCUT2D eigenvalue weighted by Gasteiger charge is 2.17. The molecule has 5 nitrogen and oxygen atoms in total. The summed E-state index contributed by atoms with van der Waals surface area (Å²) in [6, 6.07) is 0. The van der Waals surface area contributed by atoms with Gasteiger partial charge < -0.3 is 23.8 Å². The van der Waals surface area contributed by atoms with Crippen LogP contribution in [0.3, 0.4) is 0 Å². The van der Waals surface area contributed by atoms with Gasteiger partial charge in [0.25, 0.3) is 0 Å². The van der Waals surface area contributed by atoms with Crippen molar-refractivity contribution in [2.24, 2.45) is 0 Å². The molecule has 0 amide bonds. The van der Waals surface area contributed by atoms with Crippen LogP contribution in [0.4, 0.5) is 0 Å². The Morgan fingerprint density at radius 3 is 1.12 bits per heavy atom. The summed E-state index contributed by atoms with van der Waals surface area (Å²) in [5, 5.41) is 20.6. The lowest BCUT2D eigenvalue weighted by atomic mass is 10.1. The van der Waals surface area contributed by atoms with Gasteiger partial charge in [-0.25, -0.2) is 0 Å². The summed E-state index contributed by atoms with van der Waals surface area (Å²) < 4.78 is 17.0. The number of thioether (sulfide) groups is 2. The van der Waals surface area contributed by atoms with Gasteiger partial charge in [-0.05, 0) is 31.3 Å². The molecule has 0 aliphatic rings. The van der Waals surface area contributed by atoms with Crippen LogP contribution in [0.15, 0.2) is 0 Å². The van der Waals surface area contributed by atoms with Gasteiger partial charge in [0.15, 0.2) is 0 Å². The largest absolute Gasteiger partial charge is 0.390 e. The maximum atomic E-state index is 10.3. The fourth-order valence-corrected chi connectivity index (χ4v) is 7.34. The van der Waals surface area contributed by atoms with E-state index in [2.05, 4.69) is 13.8 Å². The lowest BCUT2D eigenvalue weighted by molar-refractivity contribution is 0.0727. The van der Waals surface area contributed by atoms with Gasteiger partial charge in [0, 0.05) is 11.5 Å². The molecule has 0 fully saturated rings. The molecule has 2 N–H and O–H groups in total. The number of hydrogen-bond donors (Lipinski definition) is 2. The highest BCUT2D eigenvalue weighted by molar-refractivity contribution is 7.99. The molecule has 242 valence electrons. The average molecular weight is 627 g/mol. The van der Waals surface area contributed by atoms with Gasteiger partial charge in [0.05, 0.1) is 32.0 Å². The molecule has 0 radical (unpaired) electrons. The Kier molecular flexibility index (Phi) is 35.2. The molecule has 0 rings (SSSR count). The maximum Gasteiger partial charge on any atom is 0.332 e. The van der Waals surface area contributed by atoms with Crippen LogP contribution in [0.25, 0.3) is 0 Å². The van der Waals surface area contributed by atoms with E-state index in [1.807, 2.05) is 6.92 Å². The van der Waals surface area contributed by atoms with E-state index >= 15 is 0 Å². The van der Waals surface area contributed by atoms with Crippen molar-refractivity contribution in [2.45, 2.75) is 161 Å². The molecule has 0 aromatic heterocycles. The molecule has 0 saturated heterocycles. The van der Waals surface area contributed by atoms with Gasteiger partial charge >= 0.3 is 8.60 Å². The first-order valence-electron chi connectivity index (χ1n) is 16.8. The highest BCUT2D eigenvalue weighted by Crippen LogP contribution is 2.39. The van der Waals surface area contributed by atoms with Gasteiger partial charge in [0.1, 0.15) is 0 Å². The van der Waals surface area contributed by atoms with E-state index in [9.17, 15) is 10.2 Å². The second-order valence-corrected chi connectivity index (χ2v) is 14.6. The summed E-state index contributed by atoms with van der Waals surface area (Å²) in [5.41, 5.74) is 0. The van der Waals surface area contributed by atoms with Crippen LogP contribution in [0.2, 0.25) is 0 Å². The Bertz CT molecular complexity index is 441. The van der Waals surface area contributed by atoms with Crippen LogP contribution in [0.5, 0.6) is 0 Å². The van der Waals surface area contributed by atoms with E-state index in [4.69, 9.17) is 13.6 Å². The Labute approximate surface area is 259 Å². The third-order valence-electron chi connectivity index (χ3n) is 6.88. The lowest BCUT2D eigenvalue weighted by Gasteiger charge is -2.19. The van der Waals surface area contributed by atoms with Crippen molar-refractivity contribution in [3.8, 4) is 0 Å². The highest BCUT2D eigenvalue weighted by atomic mass is 32.2. The molecule has 0 aromatic carbocycles. The van der Waals surface area contributed by atoms with Crippen molar-refractivity contribution < 1.29 is 23.8 Å². The first-order valence-corrected chi connectivity index (χ1v) is 20.2. The molecule has 40 heavy (non-hydrogen) atoms. The molecule has 0 aliphatic carbocycles. The minimum absolute atomic E-state index is 0.209. The lowest BCUT2D eigenvalue weighted by Crippen LogP contribution is -2.20. The number of hydrogen-bond acceptors (Lipinski definition) is 7. The van der Waals surface area contributed by atoms with Crippen molar-refractivity contribution in [3.63, 3.8) is 0 Å². The fourth-order valence-electron chi connectivity index (χ4n) is 4.43. The minimum Gasteiger partial charge on any atom is -0.390 e. The molecule has 8 heteroatoms. The Balaban J connectivity index is 3.62. The van der Waals surface area contributed by atoms with Crippen LogP contribution in [-0.2, 0) is 13.6 Å². The van der Waals surface area contributed by atoms with E-state index < -0.39 is 20.8 Å². The van der Waals surface area contributed by atoms with Gasteiger partial charge in [-0.2, -0.15) is 23.5 Å². The number of aliphatic hydroxyl groups excluding tert-OH is 2. The van der Waals surface area contributed by atoms with Crippen LogP contribution in [-0.4, -0.2) is 65.3 Å². The molecule has 0 spiro atoms. The quantitative estimate of drug-likeness (QED) is 0.0544. The zero-order valence-corrected chi connectivity index (χ0v) is 29.2. The third kappa shape index (κ3) is 31.9. The molecule has 2 atom stereocenters. The summed E-state index contributed by atoms with van der Waals surface area (Å²) in [4.78, 5) is 0. The van der Waals surface area contributed by atoms with Crippen LogP contribution < -0.4 is 0 Å². The summed E-state index contributed by atoms with van der Waals surface area (Å²) in [5.74, 6) is 3.52. The van der Waals surface area contributed by atoms with Crippen molar-refractivity contribution in [1.29, 1.82) is 0 Å². The van der Waals surface area contributed by atoms with E-state index in [1.165, 1.54) is 128 Å². The van der Waals surface area contributed by atoms with Gasteiger partial charge in [-0.15, -0.1) is 0 Å². The molecular formula is C32H67O5PS2. The smallest absolute Gasteiger partial charge is 0.332 e. The second kappa shape index (κ2) is 34.4. The van der Waals surface area contributed by atoms with Crippen LogP contribution >= 0.6 is 32.1 Å². The van der Waals surface area contributed by atoms with E-state index in [-0.39, 0.29) is 13.2 Å². The molecule has 0 aromatic rings. The summed E-state index contributed by atoms with van der Waals surface area (Å²) >= 11 is 3.59. The normalized spacial score (nSPS) is 14.0. The predicted molar refractivity (Wildman–Crippen MR) is 181 cm³/mol. The van der Waals surface area contributed by atoms with Crippen LogP contribution in [0.1, 0.15) is 149 Å². The molecule has 0 aliphatic heterocycles. The van der Waals surface area contributed by atoms with E-state index in [1.54, 1.807) is 23.5 Å². The Hall–Kier alpha value is 0.930. The molecule has 0 saturated carbocycles. The molecular weight excluding hydrogens is 559 g/mol. The Morgan fingerprint density at radius 2 is 0.800 bits per heavy atom. The van der Waals surface area contributed by atoms with Crippen molar-refractivity contribution in [2.75, 3.05) is 42.8 Å². The standard InChI is InChI=1S/C32H67O5PS2/c1-4-7-9-11-13-15-17-19-21-23-25-39-29-31(33)27-36-38(35-6-3)37-28-32(34)30-40-26-24-22-20-18-16-14-12-10-8-5-2/h31-34H,4-30H2,1-3H3. The SMILES string of the molecule is CCCCCCCCCCCCSCC(O)COP(OCC)OCC(O)CSCCCCCCCCCCCC. The fraction of sp³-hybridized carbons (Fsp3) is 1.00. The zero-order chi connectivity index (χ0) is 29.4. The van der Waals surface area contributed by atoms with Crippen molar-refractivity contribution in [3.05, 3.63) is 0 Å². The van der Waals surface area contributed by atoms with E-state index in [0.29, 0.717) is 18.1 Å². The first-order chi connectivity index (χ1) is 19.6. The minimum atomic E-state index is -1.54. The molecule has 0 bridgehead atoms. The van der Waals surface area contributed by atoms with Crippen LogP contribution in [0, 0.1) is 0 Å². The third-order valence-corrected chi connectivity index (χ3v) is 10.5. The maximum absolute atomic E-state index is 10.3. The number of unbranched alkanes of at least 4 members (excludes halogenated alkanes) is 18. The topological polar surface area (TPSA) is 68.2 Å². The Morgan fingerprint density at radius 1 is 0.475 bits per heavy atom. The number of rotatable bonds is 34. The predicted octanol–water partition coefficient (Wildman–Crippen LogP) is 10.3. The van der Waals surface area contributed by atoms with Gasteiger partial charge in [0.2, 0.25) is 0 Å². The first kappa shape index (κ1) is 40.9.